The third-order valence-corrected chi connectivity index (χ3v) is 4.60. The molecule has 1 saturated heterocycles. The van der Waals surface area contributed by atoms with E-state index in [2.05, 4.69) is 30.3 Å². The van der Waals surface area contributed by atoms with Gasteiger partial charge in [-0.1, -0.05) is 0 Å². The summed E-state index contributed by atoms with van der Waals surface area (Å²) in [5, 5.41) is 7.30. The van der Waals surface area contributed by atoms with Crippen molar-refractivity contribution in [2.45, 2.75) is 12.8 Å². The van der Waals surface area contributed by atoms with Crippen LogP contribution < -0.4 is 25.5 Å². The SMILES string of the molecule is COc1nc(N2CCC(CNNS(=O)O)CC2)cc2cn[nH]c(=O)c12. The fraction of sp³-hybridized carbons (Fsp3) is 0.500. The number of nitrogens with one attached hydrogen (secondary N) is 3. The summed E-state index contributed by atoms with van der Waals surface area (Å²) in [6.45, 7) is 2.22. The van der Waals surface area contributed by atoms with Crippen LogP contribution in [-0.2, 0) is 11.3 Å². The predicted molar refractivity (Wildman–Crippen MR) is 93.6 cm³/mol. The van der Waals surface area contributed by atoms with Gasteiger partial charge in [-0.05, 0) is 24.8 Å². The van der Waals surface area contributed by atoms with E-state index in [1.165, 1.54) is 7.11 Å². The summed E-state index contributed by atoms with van der Waals surface area (Å²) < 4.78 is 24.5. The van der Waals surface area contributed by atoms with E-state index in [1.807, 2.05) is 6.07 Å². The minimum Gasteiger partial charge on any atom is -0.480 e. The molecule has 1 aliphatic heterocycles. The molecular weight excluding hydrogens is 348 g/mol. The standard InChI is InChI=1S/C14H20N6O4S/c1-24-14-12-10(8-15-18-13(12)21)6-11(17-14)20-4-2-9(3-5-20)7-16-19-25(22)23/h6,8-9,16,19H,2-5,7H2,1H3,(H,18,21)(H,22,23). The number of ether oxygens (including phenoxy) is 1. The van der Waals surface area contributed by atoms with Crippen molar-refractivity contribution >= 4 is 27.9 Å². The Hall–Kier alpha value is -2.08. The molecule has 0 spiro atoms. The van der Waals surface area contributed by atoms with Gasteiger partial charge >= 0.3 is 0 Å². The van der Waals surface area contributed by atoms with Gasteiger partial charge in [-0.25, -0.2) is 14.7 Å². The summed E-state index contributed by atoms with van der Waals surface area (Å²) >= 11 is -2.06. The van der Waals surface area contributed by atoms with Crippen LogP contribution in [0.2, 0.25) is 0 Å². The first-order chi connectivity index (χ1) is 12.1. The number of fused-ring (bicyclic) bond motifs is 1. The fourth-order valence-corrected chi connectivity index (χ4v) is 3.20. The second kappa shape index (κ2) is 7.87. The van der Waals surface area contributed by atoms with Gasteiger partial charge in [0.1, 0.15) is 11.2 Å². The highest BCUT2D eigenvalue weighted by Gasteiger charge is 2.22. The van der Waals surface area contributed by atoms with Crippen molar-refractivity contribution in [1.82, 2.24) is 25.4 Å². The predicted octanol–water partition coefficient (Wildman–Crippen LogP) is -0.226. The molecule has 3 heterocycles. The molecule has 11 heteroatoms. The smallest absolute Gasteiger partial charge is 0.277 e. The van der Waals surface area contributed by atoms with Crippen LogP contribution in [0.25, 0.3) is 10.8 Å². The molecule has 1 unspecified atom stereocenters. The molecular formula is C14H20N6O4S. The summed E-state index contributed by atoms with van der Waals surface area (Å²) in [5.74, 6) is 1.44. The van der Waals surface area contributed by atoms with Gasteiger partial charge in [-0.15, -0.1) is 0 Å². The first-order valence-corrected chi connectivity index (χ1v) is 8.96. The van der Waals surface area contributed by atoms with Crippen molar-refractivity contribution in [2.75, 3.05) is 31.6 Å². The van der Waals surface area contributed by atoms with E-state index in [1.54, 1.807) is 6.20 Å². The van der Waals surface area contributed by atoms with Crippen molar-refractivity contribution < 1.29 is 13.5 Å². The zero-order chi connectivity index (χ0) is 17.8. The third kappa shape index (κ3) is 4.12. The van der Waals surface area contributed by atoms with Gasteiger partial charge in [0.2, 0.25) is 17.1 Å². The minimum absolute atomic E-state index is 0.287. The number of pyridine rings is 1. The van der Waals surface area contributed by atoms with Crippen LogP contribution >= 0.6 is 0 Å². The van der Waals surface area contributed by atoms with Crippen LogP contribution in [0, 0.1) is 5.92 Å². The Kier molecular flexibility index (Phi) is 5.58. The molecule has 1 atom stereocenters. The number of aromatic nitrogens is 3. The Morgan fingerprint density at radius 3 is 2.92 bits per heavy atom. The van der Waals surface area contributed by atoms with Crippen molar-refractivity contribution in [3.8, 4) is 5.88 Å². The minimum atomic E-state index is -2.06. The maximum absolute atomic E-state index is 11.9. The number of aromatic amines is 1. The Balaban J connectivity index is 1.71. The van der Waals surface area contributed by atoms with E-state index in [4.69, 9.17) is 9.29 Å². The van der Waals surface area contributed by atoms with E-state index < -0.39 is 11.3 Å². The lowest BCUT2D eigenvalue weighted by Crippen LogP contribution is -2.41. The number of rotatable bonds is 6. The fourth-order valence-electron chi connectivity index (χ4n) is 3.00. The molecule has 0 saturated carbocycles. The van der Waals surface area contributed by atoms with Gasteiger partial charge in [0.25, 0.3) is 5.56 Å². The summed E-state index contributed by atoms with van der Waals surface area (Å²) in [6, 6.07) is 1.84. The van der Waals surface area contributed by atoms with Gasteiger partial charge < -0.3 is 9.64 Å². The Morgan fingerprint density at radius 1 is 1.48 bits per heavy atom. The Morgan fingerprint density at radius 2 is 2.24 bits per heavy atom. The van der Waals surface area contributed by atoms with Crippen molar-refractivity contribution in [3.05, 3.63) is 22.6 Å². The van der Waals surface area contributed by atoms with E-state index in [-0.39, 0.29) is 11.4 Å². The lowest BCUT2D eigenvalue weighted by molar-refractivity contribution is 0.372. The molecule has 25 heavy (non-hydrogen) atoms. The molecule has 3 rings (SSSR count). The first kappa shape index (κ1) is 17.7. The average molecular weight is 368 g/mol. The van der Waals surface area contributed by atoms with E-state index >= 15 is 0 Å². The lowest BCUT2D eigenvalue weighted by atomic mass is 9.97. The molecule has 0 radical (unpaired) electrons. The highest BCUT2D eigenvalue weighted by molar-refractivity contribution is 7.77. The Labute approximate surface area is 146 Å². The van der Waals surface area contributed by atoms with Crippen LogP contribution in [-0.4, -0.2) is 50.7 Å². The maximum atomic E-state index is 11.9. The number of hydrogen-bond acceptors (Lipinski definition) is 7. The molecule has 0 aliphatic carbocycles. The van der Waals surface area contributed by atoms with Gasteiger partial charge in [-0.3, -0.25) is 9.35 Å². The van der Waals surface area contributed by atoms with Crippen LogP contribution in [0.15, 0.2) is 17.1 Å². The van der Waals surface area contributed by atoms with Gasteiger partial charge in [0.05, 0.1) is 13.3 Å². The monoisotopic (exact) mass is 368 g/mol. The van der Waals surface area contributed by atoms with Crippen LogP contribution in [0.3, 0.4) is 0 Å². The van der Waals surface area contributed by atoms with Gasteiger partial charge in [0.15, 0.2) is 0 Å². The largest absolute Gasteiger partial charge is 0.480 e. The summed E-state index contributed by atoms with van der Waals surface area (Å²) in [5.41, 5.74) is 2.43. The molecule has 0 bridgehead atoms. The number of anilines is 1. The number of hydrazine groups is 1. The molecule has 10 nitrogen and oxygen atoms in total. The molecule has 0 amide bonds. The van der Waals surface area contributed by atoms with Crippen LogP contribution in [0.4, 0.5) is 5.82 Å². The number of piperidine rings is 1. The van der Waals surface area contributed by atoms with E-state index in [0.29, 0.717) is 23.2 Å². The number of methoxy groups -OCH3 is 1. The Bertz CT molecular complexity index is 821. The highest BCUT2D eigenvalue weighted by Crippen LogP contribution is 2.27. The van der Waals surface area contributed by atoms with E-state index in [0.717, 1.165) is 31.7 Å². The second-order valence-corrected chi connectivity index (χ2v) is 6.52. The molecule has 136 valence electrons. The molecule has 4 N–H and O–H groups in total. The van der Waals surface area contributed by atoms with Gasteiger partial charge in [0, 0.05) is 25.0 Å². The molecule has 2 aromatic rings. The maximum Gasteiger partial charge on any atom is 0.277 e. The number of nitrogens with zero attached hydrogens (tertiary/aromatic N) is 3. The number of hydrogen-bond donors (Lipinski definition) is 4. The summed E-state index contributed by atoms with van der Waals surface area (Å²) in [7, 11) is 1.49. The third-order valence-electron chi connectivity index (χ3n) is 4.28. The van der Waals surface area contributed by atoms with Crippen molar-refractivity contribution in [1.29, 1.82) is 0 Å². The molecule has 2 aromatic heterocycles. The average Bonchev–Trinajstić information content (AvgIpc) is 2.61. The summed E-state index contributed by atoms with van der Waals surface area (Å²) in [4.78, 5) is 20.8. The number of H-pyrrole nitrogens is 1. The van der Waals surface area contributed by atoms with Gasteiger partial charge in [-0.2, -0.15) is 14.9 Å². The molecule has 1 fully saturated rings. The van der Waals surface area contributed by atoms with Crippen molar-refractivity contribution in [3.63, 3.8) is 0 Å². The van der Waals surface area contributed by atoms with Crippen LogP contribution in [0.5, 0.6) is 5.88 Å². The topological polar surface area (TPSA) is 132 Å². The zero-order valence-corrected chi connectivity index (χ0v) is 14.5. The van der Waals surface area contributed by atoms with Crippen LogP contribution in [0.1, 0.15) is 12.8 Å². The summed E-state index contributed by atoms with van der Waals surface area (Å²) in [6.07, 6.45) is 3.42. The zero-order valence-electron chi connectivity index (χ0n) is 13.7. The normalized spacial score (nSPS) is 17.0. The quantitative estimate of drug-likeness (QED) is 0.406. The van der Waals surface area contributed by atoms with Crippen molar-refractivity contribution in [2.24, 2.45) is 5.92 Å². The van der Waals surface area contributed by atoms with E-state index in [9.17, 15) is 9.00 Å². The second-order valence-electron chi connectivity index (χ2n) is 5.82. The first-order valence-electron chi connectivity index (χ1n) is 7.85. The highest BCUT2D eigenvalue weighted by atomic mass is 32.2. The molecule has 1 aliphatic rings. The lowest BCUT2D eigenvalue weighted by Gasteiger charge is -2.33. The molecule has 0 aromatic carbocycles.